The molecule has 0 heterocycles. The molecule has 1 rings (SSSR count). The van der Waals surface area contributed by atoms with E-state index in [9.17, 15) is 4.79 Å². The van der Waals surface area contributed by atoms with Gasteiger partial charge in [-0.1, -0.05) is 0 Å². The van der Waals surface area contributed by atoms with E-state index in [-0.39, 0.29) is 17.3 Å². The molecule has 0 aliphatic rings. The van der Waals surface area contributed by atoms with Crippen LogP contribution >= 0.6 is 11.8 Å². The number of hydrogen-bond acceptors (Lipinski definition) is 4. The highest BCUT2D eigenvalue weighted by molar-refractivity contribution is 8.00. The van der Waals surface area contributed by atoms with E-state index in [2.05, 4.69) is 5.32 Å². The van der Waals surface area contributed by atoms with Crippen LogP contribution in [-0.4, -0.2) is 37.5 Å². The molecule has 0 aliphatic carbocycles. The summed E-state index contributed by atoms with van der Waals surface area (Å²) in [6.45, 7) is 7.25. The second kappa shape index (κ2) is 9.68. The largest absolute Gasteiger partial charge is 0.497 e. The molecule has 4 nitrogen and oxygen atoms in total. The Hall–Kier alpha value is -1.20. The number of carbonyl (C=O) groups excluding carboxylic acids is 1. The second-order valence-corrected chi connectivity index (χ2v) is 6.41. The molecule has 21 heavy (non-hydrogen) atoms. The molecule has 0 unspecified atom stereocenters. The lowest BCUT2D eigenvalue weighted by atomic mass is 10.3. The molecule has 0 saturated carbocycles. The minimum absolute atomic E-state index is 0.0559. The molecule has 0 fully saturated rings. The molecule has 1 N–H and O–H groups in total. The van der Waals surface area contributed by atoms with E-state index in [1.807, 2.05) is 45.0 Å². The molecule has 0 radical (unpaired) electrons. The number of methoxy groups -OCH3 is 1. The standard InChI is InChI=1S/C16H25NO3S/c1-12(2)20-11-5-10-17-16(18)13(3)21-15-8-6-14(19-4)7-9-15/h6-9,12-13H,5,10-11H2,1-4H3,(H,17,18)/t13-/m0/s1. The summed E-state index contributed by atoms with van der Waals surface area (Å²) in [5, 5.41) is 2.81. The van der Waals surface area contributed by atoms with Crippen molar-refractivity contribution in [2.45, 2.75) is 43.4 Å². The van der Waals surface area contributed by atoms with Crippen LogP contribution in [0.15, 0.2) is 29.2 Å². The Morgan fingerprint density at radius 1 is 1.24 bits per heavy atom. The Labute approximate surface area is 131 Å². The Balaban J connectivity index is 2.26. The van der Waals surface area contributed by atoms with Gasteiger partial charge in [-0.2, -0.15) is 0 Å². The normalized spacial score (nSPS) is 12.2. The number of thioether (sulfide) groups is 1. The van der Waals surface area contributed by atoms with Crippen molar-refractivity contribution in [1.82, 2.24) is 5.32 Å². The first-order valence-electron chi connectivity index (χ1n) is 7.23. The van der Waals surface area contributed by atoms with Gasteiger partial charge in [-0.15, -0.1) is 11.8 Å². The van der Waals surface area contributed by atoms with Crippen molar-refractivity contribution in [3.63, 3.8) is 0 Å². The van der Waals surface area contributed by atoms with Crippen molar-refractivity contribution >= 4 is 17.7 Å². The van der Waals surface area contributed by atoms with Crippen molar-refractivity contribution in [3.05, 3.63) is 24.3 Å². The maximum absolute atomic E-state index is 12.0. The van der Waals surface area contributed by atoms with Gasteiger partial charge < -0.3 is 14.8 Å². The minimum atomic E-state index is -0.121. The fourth-order valence-corrected chi connectivity index (χ4v) is 2.55. The number of ether oxygens (including phenoxy) is 2. The minimum Gasteiger partial charge on any atom is -0.497 e. The summed E-state index contributed by atoms with van der Waals surface area (Å²) in [7, 11) is 1.64. The van der Waals surface area contributed by atoms with E-state index >= 15 is 0 Å². The third-order valence-corrected chi connectivity index (χ3v) is 3.93. The van der Waals surface area contributed by atoms with Crippen LogP contribution in [0, 0.1) is 0 Å². The highest BCUT2D eigenvalue weighted by atomic mass is 32.2. The van der Waals surface area contributed by atoms with Gasteiger partial charge in [0.2, 0.25) is 5.91 Å². The van der Waals surface area contributed by atoms with Crippen LogP contribution in [-0.2, 0) is 9.53 Å². The number of carbonyl (C=O) groups is 1. The van der Waals surface area contributed by atoms with Gasteiger partial charge in [-0.3, -0.25) is 4.79 Å². The van der Waals surface area contributed by atoms with Crippen LogP contribution < -0.4 is 10.1 Å². The number of hydrogen-bond donors (Lipinski definition) is 1. The van der Waals surface area contributed by atoms with Crippen LogP contribution in [0.5, 0.6) is 5.75 Å². The van der Waals surface area contributed by atoms with Gasteiger partial charge in [0.15, 0.2) is 0 Å². The van der Waals surface area contributed by atoms with E-state index in [1.165, 1.54) is 0 Å². The Morgan fingerprint density at radius 2 is 1.90 bits per heavy atom. The van der Waals surface area contributed by atoms with Crippen LogP contribution in [0.4, 0.5) is 0 Å². The molecule has 1 atom stereocenters. The number of rotatable bonds is 9. The van der Waals surface area contributed by atoms with Crippen LogP contribution in [0.1, 0.15) is 27.2 Å². The lowest BCUT2D eigenvalue weighted by molar-refractivity contribution is -0.120. The number of amides is 1. The van der Waals surface area contributed by atoms with E-state index in [0.29, 0.717) is 13.2 Å². The zero-order valence-corrected chi connectivity index (χ0v) is 14.0. The molecular formula is C16H25NO3S. The SMILES string of the molecule is COc1ccc(S[C@@H](C)C(=O)NCCCOC(C)C)cc1. The third kappa shape index (κ3) is 7.39. The molecule has 1 amide bonds. The fourth-order valence-electron chi connectivity index (χ4n) is 1.66. The van der Waals surface area contributed by atoms with E-state index < -0.39 is 0 Å². The molecule has 1 aromatic rings. The van der Waals surface area contributed by atoms with Gasteiger partial charge in [0.1, 0.15) is 5.75 Å². The van der Waals surface area contributed by atoms with Crippen LogP contribution in [0.25, 0.3) is 0 Å². The molecular weight excluding hydrogens is 286 g/mol. The Kier molecular flexibility index (Phi) is 8.23. The van der Waals surface area contributed by atoms with Gasteiger partial charge in [0, 0.05) is 18.0 Å². The van der Waals surface area contributed by atoms with Crippen LogP contribution in [0.3, 0.4) is 0 Å². The summed E-state index contributed by atoms with van der Waals surface area (Å²) in [6, 6.07) is 7.72. The molecule has 0 aliphatic heterocycles. The van der Waals surface area contributed by atoms with Crippen molar-refractivity contribution in [3.8, 4) is 5.75 Å². The molecule has 0 saturated heterocycles. The molecule has 5 heteroatoms. The van der Waals surface area contributed by atoms with E-state index in [0.717, 1.165) is 17.1 Å². The van der Waals surface area contributed by atoms with Gasteiger partial charge >= 0.3 is 0 Å². The predicted molar refractivity (Wildman–Crippen MR) is 87.0 cm³/mol. The van der Waals surface area contributed by atoms with Gasteiger partial charge in [-0.05, 0) is 51.5 Å². The summed E-state index contributed by atoms with van der Waals surface area (Å²) in [5.74, 6) is 0.877. The molecule has 0 spiro atoms. The lowest BCUT2D eigenvalue weighted by Crippen LogP contribution is -2.32. The average Bonchev–Trinajstić information content (AvgIpc) is 2.47. The Bertz CT molecular complexity index is 420. The molecule has 0 bridgehead atoms. The van der Waals surface area contributed by atoms with Crippen molar-refractivity contribution < 1.29 is 14.3 Å². The second-order valence-electron chi connectivity index (χ2n) is 5.00. The van der Waals surface area contributed by atoms with Crippen LogP contribution in [0.2, 0.25) is 0 Å². The predicted octanol–water partition coefficient (Wildman–Crippen LogP) is 3.11. The van der Waals surface area contributed by atoms with Crippen molar-refractivity contribution in [1.29, 1.82) is 0 Å². The maximum atomic E-state index is 12.0. The molecule has 0 aromatic heterocycles. The van der Waals surface area contributed by atoms with Gasteiger partial charge in [0.25, 0.3) is 0 Å². The van der Waals surface area contributed by atoms with Gasteiger partial charge in [-0.25, -0.2) is 0 Å². The summed E-state index contributed by atoms with van der Waals surface area (Å²) >= 11 is 1.54. The topological polar surface area (TPSA) is 47.6 Å². The summed E-state index contributed by atoms with van der Waals surface area (Å²) in [5.41, 5.74) is 0. The van der Waals surface area contributed by atoms with E-state index in [1.54, 1.807) is 18.9 Å². The quantitative estimate of drug-likeness (QED) is 0.562. The van der Waals surface area contributed by atoms with E-state index in [4.69, 9.17) is 9.47 Å². The third-order valence-electron chi connectivity index (χ3n) is 2.81. The first-order valence-corrected chi connectivity index (χ1v) is 8.11. The molecule has 1 aromatic carbocycles. The zero-order chi connectivity index (χ0) is 15.7. The first-order chi connectivity index (χ1) is 10.0. The lowest BCUT2D eigenvalue weighted by Gasteiger charge is -2.13. The number of benzene rings is 1. The monoisotopic (exact) mass is 311 g/mol. The number of nitrogens with one attached hydrogen (secondary N) is 1. The summed E-state index contributed by atoms with van der Waals surface area (Å²) in [6.07, 6.45) is 1.08. The Morgan fingerprint density at radius 3 is 2.48 bits per heavy atom. The maximum Gasteiger partial charge on any atom is 0.233 e. The van der Waals surface area contributed by atoms with Crippen molar-refractivity contribution in [2.75, 3.05) is 20.3 Å². The fraction of sp³-hybridized carbons (Fsp3) is 0.562. The summed E-state index contributed by atoms with van der Waals surface area (Å²) in [4.78, 5) is 13.0. The smallest absolute Gasteiger partial charge is 0.233 e. The van der Waals surface area contributed by atoms with Crippen molar-refractivity contribution in [2.24, 2.45) is 0 Å². The zero-order valence-electron chi connectivity index (χ0n) is 13.2. The highest BCUT2D eigenvalue weighted by Gasteiger charge is 2.13. The summed E-state index contributed by atoms with van der Waals surface area (Å²) < 4.78 is 10.5. The first kappa shape index (κ1) is 17.9. The molecule has 118 valence electrons. The highest BCUT2D eigenvalue weighted by Crippen LogP contribution is 2.25. The average molecular weight is 311 g/mol. The van der Waals surface area contributed by atoms with Gasteiger partial charge in [0.05, 0.1) is 18.5 Å².